The molecule has 96 valence electrons. The number of rotatable bonds is 3. The first kappa shape index (κ1) is 11.7. The maximum absolute atomic E-state index is 5.10. The summed E-state index contributed by atoms with van der Waals surface area (Å²) in [6, 6.07) is 12.2. The van der Waals surface area contributed by atoms with Crippen LogP contribution in [0.5, 0.6) is 5.88 Å². The molecule has 3 rings (SSSR count). The molecule has 1 aromatic carbocycles. The van der Waals surface area contributed by atoms with Gasteiger partial charge in [-0.25, -0.2) is 4.98 Å². The van der Waals surface area contributed by atoms with Crippen LogP contribution in [0.4, 0.5) is 0 Å². The van der Waals surface area contributed by atoms with Crippen LogP contribution in [0.15, 0.2) is 36.4 Å². The smallest absolute Gasteiger partial charge is 0.215 e. The molecule has 0 unspecified atom stereocenters. The third-order valence-electron chi connectivity index (χ3n) is 3.03. The van der Waals surface area contributed by atoms with Gasteiger partial charge in [-0.1, -0.05) is 29.8 Å². The van der Waals surface area contributed by atoms with E-state index in [-0.39, 0.29) is 0 Å². The molecule has 19 heavy (non-hydrogen) atoms. The average Bonchev–Trinajstić information content (AvgIpc) is 2.79. The Balaban J connectivity index is 1.93. The van der Waals surface area contributed by atoms with Gasteiger partial charge in [0.1, 0.15) is 5.82 Å². The van der Waals surface area contributed by atoms with Crippen molar-refractivity contribution >= 4 is 11.2 Å². The van der Waals surface area contributed by atoms with Crippen LogP contribution < -0.4 is 4.74 Å². The number of H-pyrrole nitrogens is 1. The first-order valence-corrected chi connectivity index (χ1v) is 6.20. The fourth-order valence-corrected chi connectivity index (χ4v) is 2.14. The van der Waals surface area contributed by atoms with Gasteiger partial charge in [0.2, 0.25) is 5.88 Å². The van der Waals surface area contributed by atoms with Crippen molar-refractivity contribution in [3.05, 3.63) is 53.3 Å². The zero-order valence-electron chi connectivity index (χ0n) is 11.0. The first-order chi connectivity index (χ1) is 9.24. The topological polar surface area (TPSA) is 50.8 Å². The number of aryl methyl sites for hydroxylation is 1. The maximum Gasteiger partial charge on any atom is 0.215 e. The van der Waals surface area contributed by atoms with E-state index in [9.17, 15) is 0 Å². The van der Waals surface area contributed by atoms with E-state index in [0.29, 0.717) is 11.5 Å². The van der Waals surface area contributed by atoms with Crippen LogP contribution in [-0.2, 0) is 6.42 Å². The van der Waals surface area contributed by atoms with Gasteiger partial charge < -0.3 is 9.72 Å². The van der Waals surface area contributed by atoms with Gasteiger partial charge in [0.05, 0.1) is 12.6 Å². The Labute approximate surface area is 111 Å². The second-order valence-corrected chi connectivity index (χ2v) is 4.57. The van der Waals surface area contributed by atoms with Crippen molar-refractivity contribution in [2.45, 2.75) is 13.3 Å². The second-order valence-electron chi connectivity index (χ2n) is 4.57. The van der Waals surface area contributed by atoms with Gasteiger partial charge in [-0.05, 0) is 18.6 Å². The van der Waals surface area contributed by atoms with E-state index in [0.717, 1.165) is 17.8 Å². The molecule has 4 nitrogen and oxygen atoms in total. The summed E-state index contributed by atoms with van der Waals surface area (Å²) >= 11 is 0. The minimum atomic E-state index is 0.584. The molecule has 1 N–H and O–H groups in total. The molecule has 0 aliphatic heterocycles. The number of aromatic amines is 1. The van der Waals surface area contributed by atoms with Crippen LogP contribution in [0.1, 0.15) is 17.0 Å². The predicted molar refractivity (Wildman–Crippen MR) is 74.4 cm³/mol. The van der Waals surface area contributed by atoms with E-state index < -0.39 is 0 Å². The van der Waals surface area contributed by atoms with Crippen LogP contribution in [0.3, 0.4) is 0 Å². The summed E-state index contributed by atoms with van der Waals surface area (Å²) in [5, 5.41) is 0. The van der Waals surface area contributed by atoms with Crippen LogP contribution in [-0.4, -0.2) is 22.1 Å². The zero-order chi connectivity index (χ0) is 13.2. The Bertz CT molecular complexity index is 718. The predicted octanol–water partition coefficient (Wildman–Crippen LogP) is 2.87. The van der Waals surface area contributed by atoms with E-state index in [1.165, 1.54) is 11.1 Å². The Morgan fingerprint density at radius 3 is 2.84 bits per heavy atom. The number of ether oxygens (including phenoxy) is 1. The molecule has 4 heteroatoms. The van der Waals surface area contributed by atoms with Crippen LogP contribution >= 0.6 is 0 Å². The van der Waals surface area contributed by atoms with Gasteiger partial charge in [-0.2, -0.15) is 4.98 Å². The normalized spacial score (nSPS) is 10.8. The summed E-state index contributed by atoms with van der Waals surface area (Å²) in [6.45, 7) is 2.09. The van der Waals surface area contributed by atoms with Crippen molar-refractivity contribution in [3.63, 3.8) is 0 Å². The Kier molecular flexibility index (Phi) is 2.91. The lowest BCUT2D eigenvalue weighted by Crippen LogP contribution is -1.91. The van der Waals surface area contributed by atoms with E-state index in [2.05, 4.69) is 46.1 Å². The quantitative estimate of drug-likeness (QED) is 0.780. The number of fused-ring (bicyclic) bond motifs is 1. The highest BCUT2D eigenvalue weighted by atomic mass is 16.5. The van der Waals surface area contributed by atoms with Gasteiger partial charge in [-0.15, -0.1) is 0 Å². The lowest BCUT2D eigenvalue weighted by atomic mass is 10.1. The van der Waals surface area contributed by atoms with Crippen molar-refractivity contribution in [2.75, 3.05) is 7.11 Å². The van der Waals surface area contributed by atoms with Gasteiger partial charge >= 0.3 is 0 Å². The molecule has 0 saturated heterocycles. The first-order valence-electron chi connectivity index (χ1n) is 6.20. The lowest BCUT2D eigenvalue weighted by Gasteiger charge is -1.99. The number of aromatic nitrogens is 3. The summed E-state index contributed by atoms with van der Waals surface area (Å²) in [5.74, 6) is 1.50. The van der Waals surface area contributed by atoms with Gasteiger partial charge in [0.25, 0.3) is 0 Å². The highest BCUT2D eigenvalue weighted by Gasteiger charge is 2.06. The molecule has 0 radical (unpaired) electrons. The number of imidazole rings is 1. The number of methoxy groups -OCH3 is 1. The molecular formula is C15H15N3O. The molecule has 0 atom stereocenters. The van der Waals surface area contributed by atoms with Crippen LogP contribution in [0.25, 0.3) is 11.2 Å². The summed E-state index contributed by atoms with van der Waals surface area (Å²) in [5.41, 5.74) is 4.13. The largest absolute Gasteiger partial charge is 0.481 e. The average molecular weight is 253 g/mol. The number of benzene rings is 1. The van der Waals surface area contributed by atoms with Gasteiger partial charge in [0, 0.05) is 12.5 Å². The van der Waals surface area contributed by atoms with Crippen molar-refractivity contribution in [1.82, 2.24) is 15.0 Å². The van der Waals surface area contributed by atoms with E-state index >= 15 is 0 Å². The molecular weight excluding hydrogens is 238 g/mol. The third-order valence-corrected chi connectivity index (χ3v) is 3.03. The third kappa shape index (κ3) is 2.42. The SMILES string of the molecule is COc1ccc2[nH]c(Cc3cccc(C)c3)nc2n1. The highest BCUT2D eigenvalue weighted by molar-refractivity contribution is 5.71. The highest BCUT2D eigenvalue weighted by Crippen LogP contribution is 2.16. The van der Waals surface area contributed by atoms with Gasteiger partial charge in [-0.3, -0.25) is 0 Å². The number of nitrogens with zero attached hydrogens (tertiary/aromatic N) is 2. The summed E-state index contributed by atoms with van der Waals surface area (Å²) < 4.78 is 5.10. The number of hydrogen-bond donors (Lipinski definition) is 1. The van der Waals surface area contributed by atoms with Crippen LogP contribution in [0, 0.1) is 6.92 Å². The Morgan fingerprint density at radius 1 is 1.16 bits per heavy atom. The van der Waals surface area contributed by atoms with Crippen LogP contribution in [0.2, 0.25) is 0 Å². The number of hydrogen-bond acceptors (Lipinski definition) is 3. The van der Waals surface area contributed by atoms with E-state index in [1.807, 2.05) is 12.1 Å². The monoisotopic (exact) mass is 253 g/mol. The van der Waals surface area contributed by atoms with Crippen molar-refractivity contribution in [2.24, 2.45) is 0 Å². The molecule has 3 aromatic rings. The minimum Gasteiger partial charge on any atom is -0.481 e. The molecule has 2 heterocycles. The molecule has 0 saturated carbocycles. The second kappa shape index (κ2) is 4.72. The molecule has 0 fully saturated rings. The van der Waals surface area contributed by atoms with Crippen molar-refractivity contribution < 1.29 is 4.74 Å². The van der Waals surface area contributed by atoms with Crippen molar-refractivity contribution in [1.29, 1.82) is 0 Å². The van der Waals surface area contributed by atoms with Gasteiger partial charge in [0.15, 0.2) is 5.65 Å². The number of pyridine rings is 1. The molecule has 0 aliphatic rings. The fraction of sp³-hybridized carbons (Fsp3) is 0.200. The molecule has 2 aromatic heterocycles. The van der Waals surface area contributed by atoms with Crippen molar-refractivity contribution in [3.8, 4) is 5.88 Å². The minimum absolute atomic E-state index is 0.584. The lowest BCUT2D eigenvalue weighted by molar-refractivity contribution is 0.399. The standard InChI is InChI=1S/C15H15N3O/c1-10-4-3-5-11(8-10)9-13-16-12-6-7-14(19-2)18-15(12)17-13/h3-8H,9H2,1-2H3,(H,16,17,18). The molecule has 0 bridgehead atoms. The Hall–Kier alpha value is -2.36. The maximum atomic E-state index is 5.10. The molecule has 0 amide bonds. The fourth-order valence-electron chi connectivity index (χ4n) is 2.14. The molecule has 0 spiro atoms. The zero-order valence-corrected chi connectivity index (χ0v) is 11.0. The summed E-state index contributed by atoms with van der Waals surface area (Å²) in [6.07, 6.45) is 0.778. The summed E-state index contributed by atoms with van der Waals surface area (Å²) in [7, 11) is 1.61. The Morgan fingerprint density at radius 2 is 2.05 bits per heavy atom. The van der Waals surface area contributed by atoms with E-state index in [1.54, 1.807) is 7.11 Å². The summed E-state index contributed by atoms with van der Waals surface area (Å²) in [4.78, 5) is 12.1. The molecule has 0 aliphatic carbocycles. The van der Waals surface area contributed by atoms with E-state index in [4.69, 9.17) is 4.74 Å². The number of nitrogens with one attached hydrogen (secondary N) is 1.